The van der Waals surface area contributed by atoms with E-state index >= 15 is 0 Å². The van der Waals surface area contributed by atoms with Crippen molar-refractivity contribution in [2.24, 2.45) is 0 Å². The average Bonchev–Trinajstić information content (AvgIpc) is 2.34. The third kappa shape index (κ3) is 5.05. The minimum atomic E-state index is 0.758. The van der Waals surface area contributed by atoms with Crippen LogP contribution < -0.4 is 10.1 Å². The molecular weight excluding hydrogens is 210 g/mol. The van der Waals surface area contributed by atoms with Crippen LogP contribution in [0, 0.1) is 6.92 Å². The molecule has 1 rings (SSSR count). The highest BCUT2D eigenvalue weighted by Gasteiger charge is 2.03. The highest BCUT2D eigenvalue weighted by atomic mass is 16.5. The van der Waals surface area contributed by atoms with Crippen molar-refractivity contribution in [3.63, 3.8) is 0 Å². The molecule has 0 aromatic heterocycles. The monoisotopic (exact) mass is 233 g/mol. The topological polar surface area (TPSA) is 21.3 Å². The molecule has 17 heavy (non-hydrogen) atoms. The van der Waals surface area contributed by atoms with Gasteiger partial charge in [-0.2, -0.15) is 0 Å². The van der Waals surface area contributed by atoms with Crippen molar-refractivity contribution in [2.45, 2.75) is 33.2 Å². The summed E-state index contributed by atoms with van der Waals surface area (Å²) in [5, 5.41) is 3.34. The molecule has 94 valence electrons. The first-order valence-corrected chi connectivity index (χ1v) is 6.32. The maximum Gasteiger partial charge on any atom is 0.123 e. The van der Waals surface area contributed by atoms with Gasteiger partial charge in [-0.3, -0.25) is 0 Å². The number of allylic oxidation sites excluding steroid dienone is 1. The molecule has 2 nitrogen and oxygen atoms in total. The Morgan fingerprint density at radius 2 is 2.24 bits per heavy atom. The molecule has 1 aromatic carbocycles. The number of aryl methyl sites for hydroxylation is 1. The summed E-state index contributed by atoms with van der Waals surface area (Å²) < 4.78 is 5.80. The first kappa shape index (κ1) is 13.8. The molecule has 0 aliphatic rings. The summed E-state index contributed by atoms with van der Waals surface area (Å²) in [6, 6.07) is 6.35. The van der Waals surface area contributed by atoms with Crippen LogP contribution in [0.2, 0.25) is 0 Å². The Labute approximate surface area is 105 Å². The van der Waals surface area contributed by atoms with E-state index in [1.165, 1.54) is 11.1 Å². The van der Waals surface area contributed by atoms with Gasteiger partial charge < -0.3 is 10.1 Å². The zero-order valence-corrected chi connectivity index (χ0v) is 11.0. The molecule has 0 bridgehead atoms. The van der Waals surface area contributed by atoms with Crippen molar-refractivity contribution in [2.75, 3.05) is 13.2 Å². The second-order valence-electron chi connectivity index (χ2n) is 4.17. The van der Waals surface area contributed by atoms with Crippen LogP contribution in [0.15, 0.2) is 30.9 Å². The van der Waals surface area contributed by atoms with E-state index in [9.17, 15) is 0 Å². The molecule has 0 heterocycles. The second-order valence-corrected chi connectivity index (χ2v) is 4.17. The van der Waals surface area contributed by atoms with Crippen LogP contribution in [0.3, 0.4) is 0 Å². The number of benzene rings is 1. The lowest BCUT2D eigenvalue weighted by Crippen LogP contribution is -2.13. The molecule has 0 spiro atoms. The van der Waals surface area contributed by atoms with E-state index in [0.29, 0.717) is 0 Å². The maximum absolute atomic E-state index is 5.80. The van der Waals surface area contributed by atoms with Gasteiger partial charge in [-0.1, -0.05) is 30.7 Å². The SMILES string of the molecule is C=CCCCOc1ccc(C)cc1CNCC. The largest absolute Gasteiger partial charge is 0.493 e. The normalized spacial score (nSPS) is 10.2. The number of hydrogen-bond donors (Lipinski definition) is 1. The fourth-order valence-electron chi connectivity index (χ4n) is 1.66. The van der Waals surface area contributed by atoms with Crippen LogP contribution in [0.25, 0.3) is 0 Å². The van der Waals surface area contributed by atoms with E-state index < -0.39 is 0 Å². The van der Waals surface area contributed by atoms with E-state index in [-0.39, 0.29) is 0 Å². The summed E-state index contributed by atoms with van der Waals surface area (Å²) >= 11 is 0. The Bertz CT molecular complexity index is 347. The van der Waals surface area contributed by atoms with Crippen molar-refractivity contribution in [1.29, 1.82) is 0 Å². The van der Waals surface area contributed by atoms with E-state index in [1.54, 1.807) is 0 Å². The van der Waals surface area contributed by atoms with E-state index in [0.717, 1.165) is 38.3 Å². The molecule has 0 aliphatic heterocycles. The van der Waals surface area contributed by atoms with Gasteiger partial charge in [0.25, 0.3) is 0 Å². The van der Waals surface area contributed by atoms with E-state index in [4.69, 9.17) is 4.74 Å². The summed E-state index contributed by atoms with van der Waals surface area (Å²) in [7, 11) is 0. The van der Waals surface area contributed by atoms with Crippen LogP contribution in [-0.2, 0) is 6.54 Å². The standard InChI is InChI=1S/C15H23NO/c1-4-6-7-10-17-15-9-8-13(3)11-14(15)12-16-5-2/h4,8-9,11,16H,1,5-7,10,12H2,2-3H3. The third-order valence-electron chi connectivity index (χ3n) is 2.59. The van der Waals surface area contributed by atoms with Gasteiger partial charge in [0, 0.05) is 12.1 Å². The fourth-order valence-corrected chi connectivity index (χ4v) is 1.66. The lowest BCUT2D eigenvalue weighted by Gasteiger charge is -2.12. The van der Waals surface area contributed by atoms with Gasteiger partial charge in [-0.05, 0) is 32.4 Å². The molecule has 2 heteroatoms. The number of nitrogens with one attached hydrogen (secondary N) is 1. The first-order valence-electron chi connectivity index (χ1n) is 6.32. The molecule has 0 saturated carbocycles. The summed E-state index contributed by atoms with van der Waals surface area (Å²) in [6.07, 6.45) is 3.96. The summed E-state index contributed by atoms with van der Waals surface area (Å²) in [6.45, 7) is 10.5. The average molecular weight is 233 g/mol. The Kier molecular flexibility index (Phi) is 6.41. The molecule has 1 N–H and O–H groups in total. The molecule has 0 atom stereocenters. The van der Waals surface area contributed by atoms with Gasteiger partial charge in [-0.15, -0.1) is 6.58 Å². The summed E-state index contributed by atoms with van der Waals surface area (Å²) in [5.74, 6) is 1.00. The molecule has 1 aromatic rings. The number of ether oxygens (including phenoxy) is 1. The zero-order chi connectivity index (χ0) is 12.5. The maximum atomic E-state index is 5.80. The smallest absolute Gasteiger partial charge is 0.123 e. The molecule has 0 saturated heterocycles. The van der Waals surface area contributed by atoms with Gasteiger partial charge in [0.05, 0.1) is 6.61 Å². The Hall–Kier alpha value is -1.28. The van der Waals surface area contributed by atoms with E-state index in [2.05, 4.69) is 43.9 Å². The molecule has 0 radical (unpaired) electrons. The van der Waals surface area contributed by atoms with Crippen molar-refractivity contribution in [1.82, 2.24) is 5.32 Å². The summed E-state index contributed by atoms with van der Waals surface area (Å²) in [4.78, 5) is 0. The molecular formula is C15H23NO. The van der Waals surface area contributed by atoms with E-state index in [1.807, 2.05) is 6.08 Å². The van der Waals surface area contributed by atoms with Gasteiger partial charge in [-0.25, -0.2) is 0 Å². The predicted molar refractivity (Wildman–Crippen MR) is 73.5 cm³/mol. The first-order chi connectivity index (χ1) is 8.27. The predicted octanol–water partition coefficient (Wildman–Crippen LogP) is 3.45. The summed E-state index contributed by atoms with van der Waals surface area (Å²) in [5.41, 5.74) is 2.52. The lowest BCUT2D eigenvalue weighted by molar-refractivity contribution is 0.308. The van der Waals surface area contributed by atoms with Gasteiger partial charge in [0.15, 0.2) is 0 Å². The quantitative estimate of drug-likeness (QED) is 0.548. The van der Waals surface area contributed by atoms with Crippen LogP contribution >= 0.6 is 0 Å². The van der Waals surface area contributed by atoms with Crippen molar-refractivity contribution >= 4 is 0 Å². The Morgan fingerprint density at radius 1 is 1.41 bits per heavy atom. The Balaban J connectivity index is 2.58. The highest BCUT2D eigenvalue weighted by molar-refractivity contribution is 5.36. The minimum absolute atomic E-state index is 0.758. The zero-order valence-electron chi connectivity index (χ0n) is 11.0. The lowest BCUT2D eigenvalue weighted by atomic mass is 10.1. The van der Waals surface area contributed by atoms with Crippen LogP contribution in [0.1, 0.15) is 30.9 Å². The second kappa shape index (κ2) is 7.91. The molecule has 0 fully saturated rings. The Morgan fingerprint density at radius 3 is 2.94 bits per heavy atom. The van der Waals surface area contributed by atoms with Crippen molar-refractivity contribution in [3.05, 3.63) is 42.0 Å². The van der Waals surface area contributed by atoms with Gasteiger partial charge in [0.2, 0.25) is 0 Å². The molecule has 0 aliphatic carbocycles. The number of hydrogen-bond acceptors (Lipinski definition) is 2. The molecule has 0 unspecified atom stereocenters. The van der Waals surface area contributed by atoms with Crippen LogP contribution in [0.4, 0.5) is 0 Å². The van der Waals surface area contributed by atoms with Crippen molar-refractivity contribution < 1.29 is 4.74 Å². The number of unbranched alkanes of at least 4 members (excludes halogenated alkanes) is 1. The van der Waals surface area contributed by atoms with Gasteiger partial charge in [0.1, 0.15) is 5.75 Å². The molecule has 0 amide bonds. The van der Waals surface area contributed by atoms with Crippen LogP contribution in [0.5, 0.6) is 5.75 Å². The third-order valence-corrected chi connectivity index (χ3v) is 2.59. The minimum Gasteiger partial charge on any atom is -0.493 e. The fraction of sp³-hybridized carbons (Fsp3) is 0.467. The van der Waals surface area contributed by atoms with Crippen LogP contribution in [-0.4, -0.2) is 13.2 Å². The van der Waals surface area contributed by atoms with Crippen molar-refractivity contribution in [3.8, 4) is 5.75 Å². The highest BCUT2D eigenvalue weighted by Crippen LogP contribution is 2.20. The van der Waals surface area contributed by atoms with Gasteiger partial charge >= 0.3 is 0 Å². The number of rotatable bonds is 8.